The molecule has 0 aliphatic carbocycles. The fourth-order valence-electron chi connectivity index (χ4n) is 2.81. The molecule has 0 amide bonds. The first kappa shape index (κ1) is 22.0. The lowest BCUT2D eigenvalue weighted by molar-refractivity contribution is 0.301. The summed E-state index contributed by atoms with van der Waals surface area (Å²) >= 11 is 5.94. The Morgan fingerprint density at radius 3 is 1.55 bits per heavy atom. The fourth-order valence-corrected chi connectivity index (χ4v) is 3.00. The van der Waals surface area contributed by atoms with Crippen molar-refractivity contribution in [3.63, 3.8) is 0 Å². The van der Waals surface area contributed by atoms with Gasteiger partial charge in [-0.25, -0.2) is 0 Å². The van der Waals surface area contributed by atoms with Gasteiger partial charge in [0.15, 0.2) is 0 Å². The normalized spacial score (nSPS) is 12.0. The number of hydrogen-bond acceptors (Lipinski definition) is 1. The molecule has 1 N–H and O–H groups in total. The van der Waals surface area contributed by atoms with Gasteiger partial charge in [-0.05, 0) is 12.8 Å². The van der Waals surface area contributed by atoms with Crippen molar-refractivity contribution in [3.05, 3.63) is 11.1 Å². The van der Waals surface area contributed by atoms with E-state index >= 15 is 0 Å². The molecule has 0 fully saturated rings. The summed E-state index contributed by atoms with van der Waals surface area (Å²) < 4.78 is 0. The molecule has 0 unspecified atom stereocenters. The highest BCUT2D eigenvalue weighted by molar-refractivity contribution is 6.29. The van der Waals surface area contributed by atoms with Gasteiger partial charge in [0.25, 0.3) is 0 Å². The van der Waals surface area contributed by atoms with Crippen LogP contribution in [0.3, 0.4) is 0 Å². The average molecular weight is 331 g/mol. The Hall–Kier alpha value is -0.0100. The van der Waals surface area contributed by atoms with Crippen molar-refractivity contribution in [1.29, 1.82) is 0 Å². The van der Waals surface area contributed by atoms with Crippen LogP contribution in [0.25, 0.3) is 0 Å². The van der Waals surface area contributed by atoms with Gasteiger partial charge in [-0.3, -0.25) is 0 Å². The van der Waals surface area contributed by atoms with Gasteiger partial charge < -0.3 is 5.11 Å². The van der Waals surface area contributed by atoms with Crippen molar-refractivity contribution in [1.82, 2.24) is 0 Å². The Bertz CT molecular complexity index is 238. The van der Waals surface area contributed by atoms with Crippen LogP contribution in [-0.4, -0.2) is 11.7 Å². The second-order valence-electron chi connectivity index (χ2n) is 6.51. The number of rotatable bonds is 17. The second-order valence-corrected chi connectivity index (χ2v) is 6.99. The van der Waals surface area contributed by atoms with Gasteiger partial charge in [-0.15, -0.1) is 0 Å². The van der Waals surface area contributed by atoms with Gasteiger partial charge in [0.2, 0.25) is 0 Å². The van der Waals surface area contributed by atoms with E-state index in [1.165, 1.54) is 89.9 Å². The first-order valence-corrected chi connectivity index (χ1v) is 10.1. The summed E-state index contributed by atoms with van der Waals surface area (Å²) in [4.78, 5) is 0. The number of halogens is 1. The Kier molecular flexibility index (Phi) is 19.0. The SMILES string of the molecule is CCCCCCCCCCCCCCCC/C=C(/Cl)CCO. The van der Waals surface area contributed by atoms with Crippen LogP contribution in [-0.2, 0) is 0 Å². The number of unbranched alkanes of at least 4 members (excludes halogenated alkanes) is 14. The van der Waals surface area contributed by atoms with Crippen molar-refractivity contribution < 1.29 is 5.11 Å². The quantitative estimate of drug-likeness (QED) is 0.276. The highest BCUT2D eigenvalue weighted by Gasteiger charge is 1.94. The zero-order chi connectivity index (χ0) is 16.3. The molecule has 0 spiro atoms. The zero-order valence-corrected chi connectivity index (χ0v) is 15.7. The van der Waals surface area contributed by atoms with E-state index in [1.807, 2.05) is 0 Å². The maximum Gasteiger partial charge on any atom is 0.0479 e. The van der Waals surface area contributed by atoms with Crippen molar-refractivity contribution in [2.75, 3.05) is 6.61 Å². The summed E-state index contributed by atoms with van der Waals surface area (Å²) in [6.45, 7) is 2.44. The molecule has 0 atom stereocenters. The monoisotopic (exact) mass is 330 g/mol. The molecule has 0 aromatic carbocycles. The summed E-state index contributed by atoms with van der Waals surface area (Å²) in [5.41, 5.74) is 0. The van der Waals surface area contributed by atoms with E-state index in [2.05, 4.69) is 13.0 Å². The maximum atomic E-state index is 8.74. The predicted octanol–water partition coefficient (Wildman–Crippen LogP) is 7.36. The molecule has 0 aromatic heterocycles. The highest BCUT2D eigenvalue weighted by atomic mass is 35.5. The summed E-state index contributed by atoms with van der Waals surface area (Å²) in [6.07, 6.45) is 23.3. The average Bonchev–Trinajstić information content (AvgIpc) is 2.51. The number of aliphatic hydroxyl groups is 1. The molecule has 0 aliphatic heterocycles. The fraction of sp³-hybridized carbons (Fsp3) is 0.900. The topological polar surface area (TPSA) is 20.2 Å². The molecule has 0 saturated heterocycles. The molecule has 0 radical (unpaired) electrons. The van der Waals surface area contributed by atoms with Gasteiger partial charge >= 0.3 is 0 Å². The summed E-state index contributed by atoms with van der Waals surface area (Å²) in [5, 5.41) is 9.55. The van der Waals surface area contributed by atoms with E-state index < -0.39 is 0 Å². The van der Waals surface area contributed by atoms with E-state index in [4.69, 9.17) is 16.7 Å². The van der Waals surface area contributed by atoms with E-state index in [0.717, 1.165) is 11.5 Å². The van der Waals surface area contributed by atoms with Crippen LogP contribution in [0, 0.1) is 0 Å². The lowest BCUT2D eigenvalue weighted by atomic mass is 10.0. The van der Waals surface area contributed by atoms with Gasteiger partial charge in [-0.1, -0.05) is 108 Å². The Labute approximate surface area is 144 Å². The first-order valence-electron chi connectivity index (χ1n) is 9.76. The standard InChI is InChI=1S/C20H39ClO/c1-2-3-4-5-6-7-8-9-10-11-12-13-14-15-16-17-20(21)18-19-22/h17,22H,2-16,18-19H2,1H3/b20-17+. The number of aliphatic hydroxyl groups excluding tert-OH is 1. The minimum Gasteiger partial charge on any atom is -0.396 e. The Morgan fingerprint density at radius 1 is 0.727 bits per heavy atom. The minimum absolute atomic E-state index is 0.161. The van der Waals surface area contributed by atoms with E-state index in [9.17, 15) is 0 Å². The number of hydrogen-bond donors (Lipinski definition) is 1. The van der Waals surface area contributed by atoms with Crippen molar-refractivity contribution in [2.45, 2.75) is 110 Å². The Balaban J connectivity index is 3.07. The lowest BCUT2D eigenvalue weighted by Gasteiger charge is -2.03. The minimum atomic E-state index is 0.161. The van der Waals surface area contributed by atoms with Crippen molar-refractivity contribution >= 4 is 11.6 Å². The van der Waals surface area contributed by atoms with Crippen LogP contribution >= 0.6 is 11.6 Å². The molecular weight excluding hydrogens is 292 g/mol. The van der Waals surface area contributed by atoms with Crippen molar-refractivity contribution in [2.24, 2.45) is 0 Å². The van der Waals surface area contributed by atoms with Gasteiger partial charge in [0.05, 0.1) is 0 Å². The van der Waals surface area contributed by atoms with E-state index in [1.54, 1.807) is 0 Å². The Morgan fingerprint density at radius 2 is 1.14 bits per heavy atom. The van der Waals surface area contributed by atoms with Crippen LogP contribution in [0.4, 0.5) is 0 Å². The molecule has 0 rings (SSSR count). The van der Waals surface area contributed by atoms with Crippen molar-refractivity contribution in [3.8, 4) is 0 Å². The summed E-state index contributed by atoms with van der Waals surface area (Å²) in [7, 11) is 0. The van der Waals surface area contributed by atoms with Gasteiger partial charge in [-0.2, -0.15) is 0 Å². The van der Waals surface area contributed by atoms with Gasteiger partial charge in [0, 0.05) is 18.1 Å². The van der Waals surface area contributed by atoms with E-state index in [0.29, 0.717) is 6.42 Å². The lowest BCUT2D eigenvalue weighted by Crippen LogP contribution is -1.84. The third-order valence-electron chi connectivity index (χ3n) is 4.27. The predicted molar refractivity (Wildman–Crippen MR) is 101 cm³/mol. The van der Waals surface area contributed by atoms with Crippen LogP contribution in [0.15, 0.2) is 11.1 Å². The van der Waals surface area contributed by atoms with Crippen LogP contribution in [0.2, 0.25) is 0 Å². The molecule has 0 saturated carbocycles. The van der Waals surface area contributed by atoms with Gasteiger partial charge in [0.1, 0.15) is 0 Å². The zero-order valence-electron chi connectivity index (χ0n) is 14.9. The van der Waals surface area contributed by atoms with Crippen LogP contribution < -0.4 is 0 Å². The van der Waals surface area contributed by atoms with Crippen LogP contribution in [0.5, 0.6) is 0 Å². The van der Waals surface area contributed by atoms with Crippen LogP contribution in [0.1, 0.15) is 110 Å². The highest BCUT2D eigenvalue weighted by Crippen LogP contribution is 2.14. The second kappa shape index (κ2) is 19.0. The molecule has 22 heavy (non-hydrogen) atoms. The molecule has 0 aromatic rings. The molecule has 1 nitrogen and oxygen atoms in total. The first-order chi connectivity index (χ1) is 10.8. The molecule has 132 valence electrons. The smallest absolute Gasteiger partial charge is 0.0479 e. The van der Waals surface area contributed by atoms with E-state index in [-0.39, 0.29) is 6.61 Å². The third-order valence-corrected chi connectivity index (χ3v) is 4.62. The number of allylic oxidation sites excluding steroid dienone is 1. The summed E-state index contributed by atoms with van der Waals surface area (Å²) in [6, 6.07) is 0. The summed E-state index contributed by atoms with van der Waals surface area (Å²) in [5.74, 6) is 0. The molecular formula is C20H39ClO. The third kappa shape index (κ3) is 18.0. The molecule has 0 aliphatic rings. The molecule has 0 heterocycles. The maximum absolute atomic E-state index is 8.74. The molecule has 0 bridgehead atoms. The largest absolute Gasteiger partial charge is 0.396 e. The molecule has 2 heteroatoms.